The topological polar surface area (TPSA) is 71.4 Å². The van der Waals surface area contributed by atoms with Crippen LogP contribution in [-0.2, 0) is 4.74 Å². The molecule has 7 heteroatoms. The molecule has 3 rings (SSSR count). The van der Waals surface area contributed by atoms with E-state index in [1.807, 2.05) is 6.92 Å². The fourth-order valence-electron chi connectivity index (χ4n) is 3.36. The van der Waals surface area contributed by atoms with Crippen molar-refractivity contribution in [3.63, 3.8) is 0 Å². The lowest BCUT2D eigenvalue weighted by molar-refractivity contribution is -0.0498. The highest BCUT2D eigenvalue weighted by Gasteiger charge is 2.20. The summed E-state index contributed by atoms with van der Waals surface area (Å²) in [5.41, 5.74) is 3.20. The van der Waals surface area contributed by atoms with Crippen molar-refractivity contribution < 1.29 is 23.0 Å². The maximum absolute atomic E-state index is 12.5. The van der Waals surface area contributed by atoms with Gasteiger partial charge in [-0.3, -0.25) is 10.2 Å². The van der Waals surface area contributed by atoms with Crippen LogP contribution in [0.2, 0.25) is 0 Å². The minimum atomic E-state index is -2.93. The molecule has 1 saturated heterocycles. The van der Waals surface area contributed by atoms with E-state index in [-0.39, 0.29) is 17.5 Å². The molecule has 28 heavy (non-hydrogen) atoms. The third kappa shape index (κ3) is 4.72. The van der Waals surface area contributed by atoms with E-state index in [4.69, 9.17) is 10.1 Å². The quantitative estimate of drug-likeness (QED) is 0.544. The number of nitrogens with one attached hydrogen (secondary N) is 2. The molecule has 2 aromatic carbocycles. The van der Waals surface area contributed by atoms with Gasteiger partial charge in [-0.2, -0.15) is 8.78 Å². The van der Waals surface area contributed by atoms with Gasteiger partial charge in [-0.25, -0.2) is 0 Å². The van der Waals surface area contributed by atoms with Crippen molar-refractivity contribution in [1.29, 1.82) is 5.41 Å². The fraction of sp³-hybridized carbons (Fsp3) is 0.333. The molecule has 1 heterocycles. The number of carbonyl (C=O) groups is 1. The van der Waals surface area contributed by atoms with Crippen molar-refractivity contribution >= 4 is 17.7 Å². The lowest BCUT2D eigenvalue weighted by Gasteiger charge is -2.26. The van der Waals surface area contributed by atoms with Gasteiger partial charge >= 0.3 is 6.61 Å². The van der Waals surface area contributed by atoms with Crippen molar-refractivity contribution in [1.82, 2.24) is 0 Å². The Morgan fingerprint density at radius 1 is 1.29 bits per heavy atom. The highest BCUT2D eigenvalue weighted by molar-refractivity contribution is 6.15. The highest BCUT2D eigenvalue weighted by atomic mass is 19.3. The summed E-state index contributed by atoms with van der Waals surface area (Å²) in [6.45, 7) is 0.211. The number of benzene rings is 2. The zero-order chi connectivity index (χ0) is 20.1. The molecule has 0 bridgehead atoms. The van der Waals surface area contributed by atoms with E-state index in [2.05, 4.69) is 10.1 Å². The molecule has 0 spiro atoms. The second kappa shape index (κ2) is 8.93. The van der Waals surface area contributed by atoms with Gasteiger partial charge in [0.05, 0.1) is 5.71 Å². The molecule has 2 N–H and O–H groups in total. The molecular weight excluding hydrogens is 366 g/mol. The first-order valence-corrected chi connectivity index (χ1v) is 9.06. The molecule has 5 nitrogen and oxygen atoms in total. The van der Waals surface area contributed by atoms with Gasteiger partial charge in [0.1, 0.15) is 12.0 Å². The average Bonchev–Trinajstić information content (AvgIpc) is 2.67. The maximum atomic E-state index is 12.5. The summed E-state index contributed by atoms with van der Waals surface area (Å²) in [4.78, 5) is 11.3. The molecule has 1 aliphatic rings. The zero-order valence-electron chi connectivity index (χ0n) is 15.5. The number of hydrogen-bond acceptors (Lipinski definition) is 5. The van der Waals surface area contributed by atoms with E-state index in [0.29, 0.717) is 35.6 Å². The maximum Gasteiger partial charge on any atom is 0.387 e. The van der Waals surface area contributed by atoms with Crippen LogP contribution in [0.15, 0.2) is 36.4 Å². The normalized spacial score (nSPS) is 14.7. The summed E-state index contributed by atoms with van der Waals surface area (Å²) in [5.74, 6) is -0.00152. The van der Waals surface area contributed by atoms with Gasteiger partial charge in [-0.1, -0.05) is 12.1 Å². The van der Waals surface area contributed by atoms with Gasteiger partial charge in [0.25, 0.3) is 0 Å². The van der Waals surface area contributed by atoms with E-state index in [1.54, 1.807) is 24.3 Å². The Balaban J connectivity index is 1.97. The molecule has 0 atom stereocenters. The number of rotatable bonds is 7. The standard InChI is InChI=1S/C21H22F2N2O3/c1-13-9-14(12-26)10-18(25-16-5-7-27-8-6-16)19(13)20(24)15-3-2-4-17(11-15)28-21(22)23/h2-4,9-12,16,21,24-25H,5-8H2,1H3. The molecule has 1 aliphatic heterocycles. The molecule has 0 saturated carbocycles. The molecule has 1 fully saturated rings. The Morgan fingerprint density at radius 3 is 2.71 bits per heavy atom. The van der Waals surface area contributed by atoms with Crippen molar-refractivity contribution in [2.24, 2.45) is 0 Å². The molecule has 148 valence electrons. The highest BCUT2D eigenvalue weighted by Crippen LogP contribution is 2.28. The van der Waals surface area contributed by atoms with Crippen molar-refractivity contribution in [2.45, 2.75) is 32.4 Å². The molecule has 0 aromatic heterocycles. The second-order valence-corrected chi connectivity index (χ2v) is 6.69. The molecule has 0 amide bonds. The average molecular weight is 388 g/mol. The van der Waals surface area contributed by atoms with Crippen LogP contribution in [-0.4, -0.2) is 37.9 Å². The van der Waals surface area contributed by atoms with Crippen LogP contribution < -0.4 is 10.1 Å². The number of alkyl halides is 2. The zero-order valence-corrected chi connectivity index (χ0v) is 15.5. The molecular formula is C21H22F2N2O3. The van der Waals surface area contributed by atoms with E-state index in [1.165, 1.54) is 12.1 Å². The Labute approximate surface area is 162 Å². The Hall–Kier alpha value is -2.80. The number of aryl methyl sites for hydroxylation is 1. The van der Waals surface area contributed by atoms with E-state index >= 15 is 0 Å². The summed E-state index contributed by atoms with van der Waals surface area (Å²) >= 11 is 0. The van der Waals surface area contributed by atoms with Crippen molar-refractivity contribution in [2.75, 3.05) is 18.5 Å². The first kappa shape index (κ1) is 19.9. The molecule has 0 unspecified atom stereocenters. The Kier molecular flexibility index (Phi) is 6.36. The minimum absolute atomic E-state index is 0.00152. The van der Waals surface area contributed by atoms with Crippen molar-refractivity contribution in [3.05, 3.63) is 58.7 Å². The van der Waals surface area contributed by atoms with E-state index < -0.39 is 6.61 Å². The number of halogens is 2. The molecule has 0 aliphatic carbocycles. The van der Waals surface area contributed by atoms with E-state index in [0.717, 1.165) is 24.7 Å². The third-order valence-corrected chi connectivity index (χ3v) is 4.67. The lowest BCUT2D eigenvalue weighted by Crippen LogP contribution is -2.29. The second-order valence-electron chi connectivity index (χ2n) is 6.69. The smallest absolute Gasteiger partial charge is 0.387 e. The number of ether oxygens (including phenoxy) is 2. The van der Waals surface area contributed by atoms with Crippen LogP contribution in [0.4, 0.5) is 14.5 Å². The summed E-state index contributed by atoms with van der Waals surface area (Å²) < 4.78 is 34.9. The van der Waals surface area contributed by atoms with E-state index in [9.17, 15) is 13.6 Å². The van der Waals surface area contributed by atoms with Crippen LogP contribution in [0.1, 0.15) is 39.9 Å². The van der Waals surface area contributed by atoms with Gasteiger partial charge in [0, 0.05) is 41.6 Å². The number of carbonyl (C=O) groups excluding carboxylic acids is 1. The molecule has 0 radical (unpaired) electrons. The first-order chi connectivity index (χ1) is 13.5. The lowest BCUT2D eigenvalue weighted by atomic mass is 9.94. The van der Waals surface area contributed by atoms with Gasteiger partial charge in [0.2, 0.25) is 0 Å². The SMILES string of the molecule is Cc1cc(C=O)cc(NC2CCOCC2)c1C(=N)c1cccc(OC(F)F)c1. The molecule has 2 aromatic rings. The summed E-state index contributed by atoms with van der Waals surface area (Å²) in [6.07, 6.45) is 2.43. The minimum Gasteiger partial charge on any atom is -0.435 e. The summed E-state index contributed by atoms with van der Waals surface area (Å²) in [6, 6.07) is 9.69. The third-order valence-electron chi connectivity index (χ3n) is 4.67. The predicted molar refractivity (Wildman–Crippen MR) is 103 cm³/mol. The van der Waals surface area contributed by atoms with Gasteiger partial charge in [-0.05, 0) is 49.6 Å². The largest absolute Gasteiger partial charge is 0.435 e. The Bertz CT molecular complexity index is 865. The number of anilines is 1. The van der Waals surface area contributed by atoms with Gasteiger partial charge in [0.15, 0.2) is 0 Å². The van der Waals surface area contributed by atoms with Crippen LogP contribution in [0, 0.1) is 12.3 Å². The predicted octanol–water partition coefficient (Wildman–Crippen LogP) is 4.42. The number of aldehydes is 1. The van der Waals surface area contributed by atoms with Crippen molar-refractivity contribution in [3.8, 4) is 5.75 Å². The van der Waals surface area contributed by atoms with Crippen LogP contribution >= 0.6 is 0 Å². The summed E-state index contributed by atoms with van der Waals surface area (Å²) in [5, 5.41) is 12.1. The summed E-state index contributed by atoms with van der Waals surface area (Å²) in [7, 11) is 0. The monoisotopic (exact) mass is 388 g/mol. The van der Waals surface area contributed by atoms with Crippen LogP contribution in [0.25, 0.3) is 0 Å². The van der Waals surface area contributed by atoms with Crippen LogP contribution in [0.5, 0.6) is 5.75 Å². The van der Waals surface area contributed by atoms with Gasteiger partial charge < -0.3 is 14.8 Å². The first-order valence-electron chi connectivity index (χ1n) is 9.06. The van der Waals surface area contributed by atoms with Crippen LogP contribution in [0.3, 0.4) is 0 Å². The van der Waals surface area contributed by atoms with Gasteiger partial charge in [-0.15, -0.1) is 0 Å². The fourth-order valence-corrected chi connectivity index (χ4v) is 3.36. The number of hydrogen-bond donors (Lipinski definition) is 2. The Morgan fingerprint density at radius 2 is 2.04 bits per heavy atom.